The number of anilines is 1. The van der Waals surface area contributed by atoms with Crippen molar-refractivity contribution in [2.45, 2.75) is 45.7 Å². The fraction of sp³-hybridized carbons (Fsp3) is 0.577. The zero-order chi connectivity index (χ0) is 24.9. The number of hydrogen-bond donors (Lipinski definition) is 1. The van der Waals surface area contributed by atoms with E-state index in [2.05, 4.69) is 10.2 Å². The molecule has 35 heavy (non-hydrogen) atoms. The van der Waals surface area contributed by atoms with Crippen LogP contribution < -0.4 is 21.5 Å². The molecule has 1 amide bonds. The Morgan fingerprint density at radius 1 is 1.11 bits per heavy atom. The second-order valence-electron chi connectivity index (χ2n) is 9.81. The van der Waals surface area contributed by atoms with E-state index < -0.39 is 0 Å². The summed E-state index contributed by atoms with van der Waals surface area (Å²) in [6, 6.07) is 8.26. The Balaban J connectivity index is 1.28. The number of piperidine rings is 2. The van der Waals surface area contributed by atoms with Crippen LogP contribution in [-0.2, 0) is 24.9 Å². The average molecular weight is 486 g/mol. The van der Waals surface area contributed by atoms with Gasteiger partial charge in [0, 0.05) is 45.8 Å². The van der Waals surface area contributed by atoms with Gasteiger partial charge in [0.2, 0.25) is 5.91 Å². The Hall–Kier alpha value is -2.94. The lowest BCUT2D eigenvalue weighted by molar-refractivity contribution is -0.125. The molecule has 4 rings (SSSR count). The van der Waals surface area contributed by atoms with Crippen molar-refractivity contribution in [3.63, 3.8) is 0 Å². The van der Waals surface area contributed by atoms with Gasteiger partial charge < -0.3 is 10.2 Å². The van der Waals surface area contributed by atoms with Gasteiger partial charge in [0.15, 0.2) is 0 Å². The van der Waals surface area contributed by atoms with Gasteiger partial charge in [-0.25, -0.2) is 9.18 Å². The van der Waals surface area contributed by atoms with Gasteiger partial charge in [0.25, 0.3) is 5.56 Å². The van der Waals surface area contributed by atoms with Gasteiger partial charge in [-0.3, -0.25) is 23.6 Å². The molecule has 1 aromatic carbocycles. The molecule has 2 fully saturated rings. The Labute approximate surface area is 205 Å². The summed E-state index contributed by atoms with van der Waals surface area (Å²) in [7, 11) is 1.49. The number of hydrogen-bond acceptors (Lipinski definition) is 5. The van der Waals surface area contributed by atoms with Crippen LogP contribution in [0.3, 0.4) is 0 Å². The molecule has 2 aromatic rings. The highest BCUT2D eigenvalue weighted by atomic mass is 19.1. The molecule has 0 saturated carbocycles. The third kappa shape index (κ3) is 6.01. The molecule has 8 nitrogen and oxygen atoms in total. The zero-order valence-corrected chi connectivity index (χ0v) is 20.7. The molecule has 1 aromatic heterocycles. The SMILES string of the molecule is CCn1c(N2CCCC(C(=O)NCC3CCN(Cc4cccc(F)c4)CC3)C2)cc(=O)n(C)c1=O. The quantitative estimate of drug-likeness (QED) is 0.649. The van der Waals surface area contributed by atoms with Crippen LogP contribution in [0.1, 0.15) is 38.2 Å². The van der Waals surface area contributed by atoms with Crippen LogP contribution >= 0.6 is 0 Å². The standard InChI is InChI=1S/C26H36FN5O3/c1-3-32-23(15-24(33)29(2)26(32)35)31-11-5-7-21(18-31)25(34)28-16-19-9-12-30(13-10-19)17-20-6-4-8-22(27)14-20/h4,6,8,14-15,19,21H,3,5,7,9-13,16-18H2,1-2H3,(H,28,34). The minimum Gasteiger partial charge on any atom is -0.357 e. The summed E-state index contributed by atoms with van der Waals surface area (Å²) >= 11 is 0. The number of carbonyl (C=O) groups excluding carboxylic acids is 1. The maximum atomic E-state index is 13.4. The summed E-state index contributed by atoms with van der Waals surface area (Å²) < 4.78 is 16.1. The van der Waals surface area contributed by atoms with E-state index in [0.717, 1.165) is 62.0 Å². The van der Waals surface area contributed by atoms with Crippen molar-refractivity contribution in [3.05, 3.63) is 62.6 Å². The molecule has 0 spiro atoms. The van der Waals surface area contributed by atoms with E-state index >= 15 is 0 Å². The summed E-state index contributed by atoms with van der Waals surface area (Å²) in [5.74, 6) is 0.718. The first kappa shape index (κ1) is 25.2. The number of benzene rings is 1. The first-order valence-electron chi connectivity index (χ1n) is 12.7. The number of aromatic nitrogens is 2. The maximum Gasteiger partial charge on any atom is 0.332 e. The first-order chi connectivity index (χ1) is 16.9. The minimum atomic E-state index is -0.329. The predicted octanol–water partition coefficient (Wildman–Crippen LogP) is 1.95. The Bertz CT molecular complexity index is 1150. The number of halogens is 1. The maximum absolute atomic E-state index is 13.4. The molecule has 0 radical (unpaired) electrons. The molecule has 2 saturated heterocycles. The van der Waals surface area contributed by atoms with Gasteiger partial charge in [-0.05, 0) is 69.3 Å². The van der Waals surface area contributed by atoms with E-state index in [1.54, 1.807) is 16.7 Å². The van der Waals surface area contributed by atoms with Gasteiger partial charge in [-0.1, -0.05) is 12.1 Å². The molecule has 2 aliphatic heterocycles. The third-order valence-corrected chi connectivity index (χ3v) is 7.38. The zero-order valence-electron chi connectivity index (χ0n) is 20.7. The van der Waals surface area contributed by atoms with E-state index in [1.165, 1.54) is 19.2 Å². The smallest absolute Gasteiger partial charge is 0.332 e. The van der Waals surface area contributed by atoms with Crippen LogP contribution in [0.15, 0.2) is 39.9 Å². The van der Waals surface area contributed by atoms with Gasteiger partial charge in [-0.2, -0.15) is 0 Å². The molecule has 190 valence electrons. The highest BCUT2D eigenvalue weighted by Gasteiger charge is 2.28. The van der Waals surface area contributed by atoms with Crippen molar-refractivity contribution in [3.8, 4) is 0 Å². The fourth-order valence-corrected chi connectivity index (χ4v) is 5.25. The van der Waals surface area contributed by atoms with Crippen LogP contribution in [-0.4, -0.2) is 52.7 Å². The Morgan fingerprint density at radius 2 is 1.89 bits per heavy atom. The number of rotatable bonds is 7. The molecule has 1 atom stereocenters. The molecule has 2 aliphatic rings. The molecule has 0 aliphatic carbocycles. The highest BCUT2D eigenvalue weighted by molar-refractivity contribution is 5.79. The lowest BCUT2D eigenvalue weighted by Gasteiger charge is -2.35. The Morgan fingerprint density at radius 3 is 2.60 bits per heavy atom. The first-order valence-corrected chi connectivity index (χ1v) is 12.7. The monoisotopic (exact) mass is 485 g/mol. The fourth-order valence-electron chi connectivity index (χ4n) is 5.25. The lowest BCUT2D eigenvalue weighted by Crippen LogP contribution is -2.48. The van der Waals surface area contributed by atoms with E-state index in [0.29, 0.717) is 31.4 Å². The summed E-state index contributed by atoms with van der Waals surface area (Å²) in [6.45, 7) is 6.86. The van der Waals surface area contributed by atoms with Crippen molar-refractivity contribution >= 4 is 11.7 Å². The second kappa shape index (κ2) is 11.2. The van der Waals surface area contributed by atoms with Gasteiger partial charge in [0.1, 0.15) is 11.6 Å². The van der Waals surface area contributed by atoms with Crippen molar-refractivity contribution in [1.82, 2.24) is 19.4 Å². The molecule has 3 heterocycles. The van der Waals surface area contributed by atoms with Crippen molar-refractivity contribution in [2.24, 2.45) is 18.9 Å². The number of nitrogens with zero attached hydrogens (tertiary/aromatic N) is 4. The van der Waals surface area contributed by atoms with Crippen LogP contribution in [0.25, 0.3) is 0 Å². The summed E-state index contributed by atoms with van der Waals surface area (Å²) in [5.41, 5.74) is 0.332. The molecule has 1 N–H and O–H groups in total. The number of amides is 1. The summed E-state index contributed by atoms with van der Waals surface area (Å²) in [6.07, 6.45) is 3.64. The number of likely N-dealkylation sites (tertiary alicyclic amines) is 1. The van der Waals surface area contributed by atoms with Crippen molar-refractivity contribution in [2.75, 3.05) is 37.6 Å². The van der Waals surface area contributed by atoms with Crippen LogP contribution in [0, 0.1) is 17.7 Å². The number of nitrogens with one attached hydrogen (secondary N) is 1. The van der Waals surface area contributed by atoms with Gasteiger partial charge in [-0.15, -0.1) is 0 Å². The Kier molecular flexibility index (Phi) is 8.05. The predicted molar refractivity (Wildman–Crippen MR) is 134 cm³/mol. The molecule has 9 heteroatoms. The molecule has 1 unspecified atom stereocenters. The van der Waals surface area contributed by atoms with Crippen molar-refractivity contribution in [1.29, 1.82) is 0 Å². The van der Waals surface area contributed by atoms with Crippen LogP contribution in [0.5, 0.6) is 0 Å². The van der Waals surface area contributed by atoms with Gasteiger partial charge in [0.05, 0.1) is 5.92 Å². The molecular formula is C26H36FN5O3. The molecular weight excluding hydrogens is 449 g/mol. The van der Waals surface area contributed by atoms with E-state index in [1.807, 2.05) is 17.9 Å². The summed E-state index contributed by atoms with van der Waals surface area (Å²) in [4.78, 5) is 42.1. The van der Waals surface area contributed by atoms with E-state index in [4.69, 9.17) is 0 Å². The number of carbonyl (C=O) groups is 1. The summed E-state index contributed by atoms with van der Waals surface area (Å²) in [5, 5.41) is 3.16. The van der Waals surface area contributed by atoms with E-state index in [9.17, 15) is 18.8 Å². The second-order valence-corrected chi connectivity index (χ2v) is 9.81. The van der Waals surface area contributed by atoms with E-state index in [-0.39, 0.29) is 28.9 Å². The average Bonchev–Trinajstić information content (AvgIpc) is 2.86. The largest absolute Gasteiger partial charge is 0.357 e. The normalized spacial score (nSPS) is 19.6. The molecule has 0 bridgehead atoms. The lowest BCUT2D eigenvalue weighted by atomic mass is 9.94. The van der Waals surface area contributed by atoms with Crippen LogP contribution in [0.2, 0.25) is 0 Å². The van der Waals surface area contributed by atoms with Gasteiger partial charge >= 0.3 is 5.69 Å². The highest BCUT2D eigenvalue weighted by Crippen LogP contribution is 2.23. The van der Waals surface area contributed by atoms with Crippen LogP contribution in [0.4, 0.5) is 10.2 Å². The van der Waals surface area contributed by atoms with Crippen molar-refractivity contribution < 1.29 is 9.18 Å². The minimum absolute atomic E-state index is 0.0473. The third-order valence-electron chi connectivity index (χ3n) is 7.38. The topological polar surface area (TPSA) is 79.6 Å².